The molecule has 0 atom stereocenters. The summed E-state index contributed by atoms with van der Waals surface area (Å²) in [7, 11) is 0. The number of rotatable bonds is 3. The van der Waals surface area contributed by atoms with E-state index in [0.29, 0.717) is 10.7 Å². The molecule has 150 valence electrons. The summed E-state index contributed by atoms with van der Waals surface area (Å²) in [6, 6.07) is 8.69. The normalized spacial score (nSPS) is 16.2. The zero-order chi connectivity index (χ0) is 21.3. The number of hydrogen-bond acceptors (Lipinski definition) is 5. The third-order valence-electron chi connectivity index (χ3n) is 3.72. The first-order chi connectivity index (χ1) is 13.5. The number of benzene rings is 2. The van der Waals surface area contributed by atoms with Crippen LogP contribution in [0.15, 0.2) is 48.0 Å². The molecule has 0 aliphatic carbocycles. The molecule has 0 unspecified atom stereocenters. The SMILES string of the molecule is O=C1NC(=S)N(c2ccc(Cl)cc2)C(=O)/C1=C/c1cc(OC(F)(F)F)ccc1O. The van der Waals surface area contributed by atoms with Gasteiger partial charge in [0.2, 0.25) is 0 Å². The zero-order valence-corrected chi connectivity index (χ0v) is 15.7. The third kappa shape index (κ3) is 4.66. The molecule has 2 amide bonds. The first kappa shape index (κ1) is 20.6. The first-order valence-electron chi connectivity index (χ1n) is 7.81. The number of nitrogens with one attached hydrogen (secondary N) is 1. The molecule has 2 aromatic rings. The van der Waals surface area contributed by atoms with Crippen LogP contribution >= 0.6 is 23.8 Å². The van der Waals surface area contributed by atoms with E-state index in [9.17, 15) is 27.9 Å². The lowest BCUT2D eigenvalue weighted by Gasteiger charge is -2.29. The Morgan fingerprint density at radius 2 is 1.79 bits per heavy atom. The van der Waals surface area contributed by atoms with Crippen LogP contribution in [0.25, 0.3) is 6.08 Å². The Labute approximate surface area is 172 Å². The monoisotopic (exact) mass is 442 g/mol. The molecular weight excluding hydrogens is 433 g/mol. The number of aromatic hydroxyl groups is 1. The molecule has 0 bridgehead atoms. The maximum absolute atomic E-state index is 12.8. The van der Waals surface area contributed by atoms with E-state index in [1.807, 2.05) is 0 Å². The van der Waals surface area contributed by atoms with Crippen LogP contribution in [0.4, 0.5) is 18.9 Å². The van der Waals surface area contributed by atoms with Crippen LogP contribution in [0.1, 0.15) is 5.56 Å². The number of phenolic OH excluding ortho intramolecular Hbond substituents is 1. The van der Waals surface area contributed by atoms with Gasteiger partial charge in [-0.3, -0.25) is 19.8 Å². The molecule has 3 rings (SSSR count). The minimum absolute atomic E-state index is 0.183. The van der Waals surface area contributed by atoms with E-state index in [2.05, 4.69) is 10.1 Å². The fourth-order valence-corrected chi connectivity index (χ4v) is 2.89. The minimum Gasteiger partial charge on any atom is -0.507 e. The molecule has 0 aromatic heterocycles. The van der Waals surface area contributed by atoms with Crippen molar-refractivity contribution in [3.63, 3.8) is 0 Å². The second-order valence-corrected chi connectivity index (χ2v) is 6.53. The fraction of sp³-hybridized carbons (Fsp3) is 0.0556. The molecule has 1 fully saturated rings. The van der Waals surface area contributed by atoms with E-state index >= 15 is 0 Å². The van der Waals surface area contributed by atoms with Crippen LogP contribution < -0.4 is 15.0 Å². The minimum atomic E-state index is -4.95. The number of nitrogens with zero attached hydrogens (tertiary/aromatic N) is 1. The molecule has 1 heterocycles. The molecule has 2 aromatic carbocycles. The molecule has 29 heavy (non-hydrogen) atoms. The Bertz CT molecular complexity index is 1040. The van der Waals surface area contributed by atoms with Crippen molar-refractivity contribution < 1.29 is 32.6 Å². The predicted molar refractivity (Wildman–Crippen MR) is 102 cm³/mol. The highest BCUT2D eigenvalue weighted by atomic mass is 35.5. The Morgan fingerprint density at radius 3 is 2.41 bits per heavy atom. The van der Waals surface area contributed by atoms with Crippen LogP contribution in [0, 0.1) is 0 Å². The smallest absolute Gasteiger partial charge is 0.507 e. The van der Waals surface area contributed by atoms with Crippen LogP contribution in [-0.4, -0.2) is 28.4 Å². The standard InChI is InChI=1S/C18H10ClF3N2O4S/c19-10-1-3-11(4-2-10)24-16(27)13(15(26)23-17(24)29)8-9-7-12(5-6-14(9)25)28-18(20,21)22/h1-8,25H,(H,23,26,29)/b13-8+. The number of ether oxygens (including phenoxy) is 1. The summed E-state index contributed by atoms with van der Waals surface area (Å²) >= 11 is 10.9. The maximum Gasteiger partial charge on any atom is 0.573 e. The highest BCUT2D eigenvalue weighted by Gasteiger charge is 2.35. The van der Waals surface area contributed by atoms with Gasteiger partial charge in [-0.1, -0.05) is 11.6 Å². The second-order valence-electron chi connectivity index (χ2n) is 5.70. The average Bonchev–Trinajstić information content (AvgIpc) is 2.61. The molecule has 6 nitrogen and oxygen atoms in total. The van der Waals surface area contributed by atoms with Gasteiger partial charge in [-0.25, -0.2) is 0 Å². The summed E-state index contributed by atoms with van der Waals surface area (Å²) in [5, 5.41) is 12.5. The number of anilines is 1. The molecule has 1 saturated heterocycles. The van der Waals surface area contributed by atoms with Gasteiger partial charge in [0.25, 0.3) is 11.8 Å². The van der Waals surface area contributed by atoms with Crippen LogP contribution in [0.2, 0.25) is 5.02 Å². The lowest BCUT2D eigenvalue weighted by molar-refractivity contribution is -0.274. The van der Waals surface area contributed by atoms with Gasteiger partial charge >= 0.3 is 6.36 Å². The highest BCUT2D eigenvalue weighted by molar-refractivity contribution is 7.80. The van der Waals surface area contributed by atoms with Gasteiger partial charge in [0.15, 0.2) is 5.11 Å². The van der Waals surface area contributed by atoms with Gasteiger partial charge in [0, 0.05) is 10.6 Å². The number of carbonyl (C=O) groups excluding carboxylic acids is 2. The predicted octanol–water partition coefficient (Wildman–Crippen LogP) is 3.78. The third-order valence-corrected chi connectivity index (χ3v) is 4.26. The molecule has 11 heteroatoms. The van der Waals surface area contributed by atoms with Crippen molar-refractivity contribution >= 4 is 52.5 Å². The van der Waals surface area contributed by atoms with Gasteiger partial charge in [-0.05, 0) is 60.8 Å². The number of amides is 2. The van der Waals surface area contributed by atoms with Crippen LogP contribution in [0.5, 0.6) is 11.5 Å². The van der Waals surface area contributed by atoms with Crippen LogP contribution in [0.3, 0.4) is 0 Å². The Morgan fingerprint density at radius 1 is 1.14 bits per heavy atom. The molecule has 0 radical (unpaired) electrons. The number of hydrogen-bond donors (Lipinski definition) is 2. The molecule has 2 N–H and O–H groups in total. The largest absolute Gasteiger partial charge is 0.573 e. The highest BCUT2D eigenvalue weighted by Crippen LogP contribution is 2.30. The van der Waals surface area contributed by atoms with Crippen molar-refractivity contribution in [2.75, 3.05) is 4.90 Å². The summed E-state index contributed by atoms with van der Waals surface area (Å²) in [4.78, 5) is 26.1. The topological polar surface area (TPSA) is 78.9 Å². The average molecular weight is 443 g/mol. The molecule has 1 aliphatic rings. The zero-order valence-electron chi connectivity index (χ0n) is 14.2. The van der Waals surface area contributed by atoms with Gasteiger partial charge in [0.05, 0.1) is 5.69 Å². The maximum atomic E-state index is 12.8. The van der Waals surface area contributed by atoms with E-state index in [4.69, 9.17) is 23.8 Å². The number of halogens is 4. The fourth-order valence-electron chi connectivity index (χ4n) is 2.48. The number of phenols is 1. The summed E-state index contributed by atoms with van der Waals surface area (Å²) < 4.78 is 41.0. The van der Waals surface area contributed by atoms with Crippen molar-refractivity contribution in [1.82, 2.24) is 5.32 Å². The van der Waals surface area contributed by atoms with Crippen molar-refractivity contribution in [2.45, 2.75) is 6.36 Å². The molecule has 1 aliphatic heterocycles. The Hall–Kier alpha value is -3.11. The Kier molecular flexibility index (Phi) is 5.49. The quantitative estimate of drug-likeness (QED) is 0.430. The number of alkyl halides is 3. The van der Waals surface area contributed by atoms with E-state index in [1.54, 1.807) is 0 Å². The first-order valence-corrected chi connectivity index (χ1v) is 8.59. The summed E-state index contributed by atoms with van der Waals surface area (Å²) in [5.41, 5.74) is -0.365. The van der Waals surface area contributed by atoms with Crippen molar-refractivity contribution in [3.8, 4) is 11.5 Å². The van der Waals surface area contributed by atoms with E-state index in [-0.39, 0.29) is 10.7 Å². The second kappa shape index (κ2) is 7.72. The van der Waals surface area contributed by atoms with Crippen LogP contribution in [-0.2, 0) is 9.59 Å². The molecule has 0 saturated carbocycles. The van der Waals surface area contributed by atoms with Crippen molar-refractivity contribution in [2.24, 2.45) is 0 Å². The van der Waals surface area contributed by atoms with Crippen molar-refractivity contribution in [1.29, 1.82) is 0 Å². The van der Waals surface area contributed by atoms with Gasteiger partial charge in [-0.15, -0.1) is 13.2 Å². The van der Waals surface area contributed by atoms with E-state index in [1.165, 1.54) is 24.3 Å². The number of thiocarbonyl (C=S) groups is 1. The summed E-state index contributed by atoms with van der Waals surface area (Å²) in [5.74, 6) is -2.79. The number of carbonyl (C=O) groups is 2. The molecule has 0 spiro atoms. The lowest BCUT2D eigenvalue weighted by atomic mass is 10.1. The summed E-state index contributed by atoms with van der Waals surface area (Å²) in [6.45, 7) is 0. The van der Waals surface area contributed by atoms with Crippen molar-refractivity contribution in [3.05, 3.63) is 58.6 Å². The van der Waals surface area contributed by atoms with E-state index < -0.39 is 35.2 Å². The van der Waals surface area contributed by atoms with E-state index in [0.717, 1.165) is 29.2 Å². The Balaban J connectivity index is 2.00. The van der Waals surface area contributed by atoms with Gasteiger partial charge in [0.1, 0.15) is 17.1 Å². The van der Waals surface area contributed by atoms with Gasteiger partial charge < -0.3 is 9.84 Å². The molecular formula is C18H10ClF3N2O4S. The van der Waals surface area contributed by atoms with Gasteiger partial charge in [-0.2, -0.15) is 0 Å². The summed E-state index contributed by atoms with van der Waals surface area (Å²) in [6.07, 6.45) is -4.00. The lowest BCUT2D eigenvalue weighted by Crippen LogP contribution is -2.54.